The minimum atomic E-state index is -4.59. The lowest BCUT2D eigenvalue weighted by molar-refractivity contribution is -0.137. The highest BCUT2D eigenvalue weighted by molar-refractivity contribution is 7.14. The highest BCUT2D eigenvalue weighted by atomic mass is 32.1. The number of anilines is 2. The predicted molar refractivity (Wildman–Crippen MR) is 109 cm³/mol. The summed E-state index contributed by atoms with van der Waals surface area (Å²) in [7, 11) is 0. The Morgan fingerprint density at radius 3 is 2.52 bits per heavy atom. The van der Waals surface area contributed by atoms with Gasteiger partial charge in [0.05, 0.1) is 16.9 Å². The van der Waals surface area contributed by atoms with Gasteiger partial charge >= 0.3 is 18.8 Å². The van der Waals surface area contributed by atoms with E-state index in [-0.39, 0.29) is 34.4 Å². The molecule has 0 bridgehead atoms. The highest BCUT2D eigenvalue weighted by Crippen LogP contribution is 2.35. The van der Waals surface area contributed by atoms with E-state index in [9.17, 15) is 31.5 Å². The average Bonchev–Trinajstić information content (AvgIpc) is 3.20. The lowest BCUT2D eigenvalue weighted by atomic mass is 10.2. The van der Waals surface area contributed by atoms with Crippen molar-refractivity contribution in [1.29, 1.82) is 0 Å². The number of benzene rings is 2. The van der Waals surface area contributed by atoms with Gasteiger partial charge in [0.2, 0.25) is 5.91 Å². The number of para-hydroxylation sites is 1. The summed E-state index contributed by atoms with van der Waals surface area (Å²) in [6.07, 6.45) is -4.59. The number of nitrogens with zero attached hydrogens (tertiary/aromatic N) is 2. The van der Waals surface area contributed by atoms with E-state index >= 15 is 0 Å². The zero-order valence-corrected chi connectivity index (χ0v) is 17.6. The number of hydrogen-bond acceptors (Lipinski definition) is 6. The molecule has 1 amide bonds. The minimum absolute atomic E-state index is 0.0340. The maximum Gasteiger partial charge on any atom is 0.416 e. The first-order chi connectivity index (χ1) is 15.6. The summed E-state index contributed by atoms with van der Waals surface area (Å²) in [6.45, 7) is -2.33. The standard InChI is InChI=1S/C21H15F5N2O4S/c1-12(29)28(15-6-4-5-13(9-15)21(24,25)26)20-27-14(11-33-20)10-31-18(30)16-7-2-3-8-17(16)32-19(22)23/h2-9,11,19H,10H2,1H3. The molecule has 3 aromatic rings. The van der Waals surface area contributed by atoms with Gasteiger partial charge in [0.25, 0.3) is 0 Å². The first-order valence-electron chi connectivity index (χ1n) is 9.19. The van der Waals surface area contributed by atoms with Gasteiger partial charge in [0.1, 0.15) is 17.9 Å². The molecule has 0 saturated heterocycles. The van der Waals surface area contributed by atoms with Crippen LogP contribution < -0.4 is 9.64 Å². The predicted octanol–water partition coefficient (Wildman–Crippen LogP) is 5.80. The van der Waals surface area contributed by atoms with Crippen molar-refractivity contribution in [2.75, 3.05) is 4.90 Å². The summed E-state index contributed by atoms with van der Waals surface area (Å²) < 4.78 is 73.5. The van der Waals surface area contributed by atoms with E-state index in [1.807, 2.05) is 0 Å². The maximum atomic E-state index is 13.0. The van der Waals surface area contributed by atoms with Gasteiger partial charge in [-0.1, -0.05) is 18.2 Å². The van der Waals surface area contributed by atoms with Gasteiger partial charge in [0, 0.05) is 12.3 Å². The van der Waals surface area contributed by atoms with Crippen molar-refractivity contribution in [3.63, 3.8) is 0 Å². The van der Waals surface area contributed by atoms with Crippen LogP contribution in [0.4, 0.5) is 32.8 Å². The molecule has 33 heavy (non-hydrogen) atoms. The fourth-order valence-corrected chi connectivity index (χ4v) is 3.64. The maximum absolute atomic E-state index is 13.0. The van der Waals surface area contributed by atoms with Crippen molar-refractivity contribution in [2.45, 2.75) is 26.3 Å². The molecular weight excluding hydrogens is 471 g/mol. The molecule has 0 aliphatic carbocycles. The number of hydrogen-bond donors (Lipinski definition) is 0. The van der Waals surface area contributed by atoms with Crippen LogP contribution in [0.15, 0.2) is 53.9 Å². The minimum Gasteiger partial charge on any atom is -0.455 e. The Kier molecular flexibility index (Phi) is 7.26. The molecule has 0 aliphatic rings. The third-order valence-corrected chi connectivity index (χ3v) is 5.03. The third-order valence-electron chi connectivity index (χ3n) is 4.15. The Morgan fingerprint density at radius 2 is 1.85 bits per heavy atom. The quantitative estimate of drug-likeness (QED) is 0.312. The lowest BCUT2D eigenvalue weighted by Crippen LogP contribution is -2.23. The van der Waals surface area contributed by atoms with Crippen molar-refractivity contribution in [3.05, 3.63) is 70.7 Å². The monoisotopic (exact) mass is 486 g/mol. The first kappa shape index (κ1) is 24.1. The van der Waals surface area contributed by atoms with Gasteiger partial charge in [0.15, 0.2) is 5.13 Å². The lowest BCUT2D eigenvalue weighted by Gasteiger charge is -2.19. The van der Waals surface area contributed by atoms with E-state index < -0.39 is 30.2 Å². The summed E-state index contributed by atoms with van der Waals surface area (Å²) in [5.41, 5.74) is -0.980. The van der Waals surface area contributed by atoms with Crippen molar-refractivity contribution in [2.24, 2.45) is 0 Å². The molecule has 0 unspecified atom stereocenters. The van der Waals surface area contributed by atoms with Gasteiger partial charge in [-0.05, 0) is 30.3 Å². The Bertz CT molecular complexity index is 1150. The first-order valence-corrected chi connectivity index (χ1v) is 10.1. The second kappa shape index (κ2) is 9.94. The number of esters is 1. The Morgan fingerprint density at radius 1 is 1.12 bits per heavy atom. The van der Waals surface area contributed by atoms with Crippen LogP contribution in [0.3, 0.4) is 0 Å². The van der Waals surface area contributed by atoms with Crippen molar-refractivity contribution < 1.29 is 41.0 Å². The van der Waals surface area contributed by atoms with Gasteiger partial charge in [-0.3, -0.25) is 9.69 Å². The number of halogens is 5. The van der Waals surface area contributed by atoms with E-state index in [2.05, 4.69) is 9.72 Å². The topological polar surface area (TPSA) is 68.7 Å². The third kappa shape index (κ3) is 6.04. The number of alkyl halides is 5. The molecule has 0 spiro atoms. The van der Waals surface area contributed by atoms with E-state index in [4.69, 9.17) is 4.74 Å². The number of amides is 1. The second-order valence-corrected chi connectivity index (χ2v) is 7.31. The van der Waals surface area contributed by atoms with Crippen molar-refractivity contribution in [3.8, 4) is 5.75 Å². The number of carbonyl (C=O) groups is 2. The van der Waals surface area contributed by atoms with E-state index in [1.165, 1.54) is 48.7 Å². The van der Waals surface area contributed by atoms with Crippen LogP contribution in [0.25, 0.3) is 0 Å². The summed E-state index contributed by atoms with van der Waals surface area (Å²) >= 11 is 0.951. The van der Waals surface area contributed by atoms with E-state index in [1.54, 1.807) is 0 Å². The van der Waals surface area contributed by atoms with E-state index in [0.717, 1.165) is 28.4 Å². The number of ether oxygens (including phenoxy) is 2. The molecule has 12 heteroatoms. The summed E-state index contributed by atoms with van der Waals surface area (Å²) in [4.78, 5) is 29.6. The van der Waals surface area contributed by atoms with Crippen LogP contribution in [0.2, 0.25) is 0 Å². The zero-order chi connectivity index (χ0) is 24.2. The number of carbonyl (C=O) groups excluding carboxylic acids is 2. The van der Waals surface area contributed by atoms with Gasteiger partial charge in [-0.25, -0.2) is 9.78 Å². The van der Waals surface area contributed by atoms with E-state index in [0.29, 0.717) is 0 Å². The number of thiazole rings is 1. The molecule has 0 saturated carbocycles. The summed E-state index contributed by atoms with van der Waals surface area (Å²) in [5, 5.41) is 1.52. The normalized spacial score (nSPS) is 11.4. The van der Waals surface area contributed by atoms with Crippen LogP contribution in [-0.2, 0) is 22.3 Å². The van der Waals surface area contributed by atoms with Crippen molar-refractivity contribution in [1.82, 2.24) is 4.98 Å². The molecule has 1 aromatic heterocycles. The molecule has 0 radical (unpaired) electrons. The van der Waals surface area contributed by atoms with Gasteiger partial charge in [-0.15, -0.1) is 11.3 Å². The Balaban J connectivity index is 1.76. The highest BCUT2D eigenvalue weighted by Gasteiger charge is 2.31. The van der Waals surface area contributed by atoms with Crippen LogP contribution >= 0.6 is 11.3 Å². The number of rotatable bonds is 7. The number of aromatic nitrogens is 1. The molecule has 3 rings (SSSR count). The largest absolute Gasteiger partial charge is 0.455 e. The SMILES string of the molecule is CC(=O)N(c1cccc(C(F)(F)F)c1)c1nc(COC(=O)c2ccccc2OC(F)F)cs1. The average molecular weight is 486 g/mol. The second-order valence-electron chi connectivity index (χ2n) is 6.47. The van der Waals surface area contributed by atoms with Crippen molar-refractivity contribution >= 4 is 34.0 Å². The molecule has 6 nitrogen and oxygen atoms in total. The smallest absolute Gasteiger partial charge is 0.416 e. The van der Waals surface area contributed by atoms with Crippen LogP contribution in [0.5, 0.6) is 5.75 Å². The molecule has 0 aliphatic heterocycles. The Hall–Kier alpha value is -3.54. The van der Waals surface area contributed by atoms with Gasteiger partial charge in [-0.2, -0.15) is 22.0 Å². The van der Waals surface area contributed by atoms with Crippen LogP contribution in [0, 0.1) is 0 Å². The fourth-order valence-electron chi connectivity index (χ4n) is 2.76. The summed E-state index contributed by atoms with van der Waals surface area (Å²) in [5.74, 6) is -1.88. The molecule has 2 aromatic carbocycles. The Labute approximate surface area is 188 Å². The summed E-state index contributed by atoms with van der Waals surface area (Å²) in [6, 6.07) is 9.48. The van der Waals surface area contributed by atoms with Crippen LogP contribution in [0.1, 0.15) is 28.5 Å². The molecule has 174 valence electrons. The molecule has 0 N–H and O–H groups in total. The molecule has 0 fully saturated rings. The molecule has 0 atom stereocenters. The van der Waals surface area contributed by atoms with Gasteiger partial charge < -0.3 is 9.47 Å². The molecular formula is C21H15F5N2O4S. The molecule has 1 heterocycles. The fraction of sp³-hybridized carbons (Fsp3) is 0.190. The zero-order valence-electron chi connectivity index (χ0n) is 16.8. The van der Waals surface area contributed by atoms with Crippen LogP contribution in [-0.4, -0.2) is 23.5 Å².